The van der Waals surface area contributed by atoms with Gasteiger partial charge in [-0.1, -0.05) is 12.1 Å². The number of hydrogen-bond donors (Lipinski definition) is 1. The Kier molecular flexibility index (Phi) is 5.85. The van der Waals surface area contributed by atoms with Crippen molar-refractivity contribution in [3.63, 3.8) is 0 Å². The summed E-state index contributed by atoms with van der Waals surface area (Å²) in [4.78, 5) is 15.1. The Morgan fingerprint density at radius 3 is 2.62 bits per heavy atom. The Hall–Kier alpha value is -3.28. The zero-order chi connectivity index (χ0) is 27.8. The number of aromatic nitrogens is 3. The highest BCUT2D eigenvalue weighted by molar-refractivity contribution is 6.10. The first-order chi connectivity index (χ1) is 19.2. The smallest absolute Gasteiger partial charge is 0.381 e. The topological polar surface area (TPSA) is 81.5 Å². The van der Waals surface area contributed by atoms with Crippen LogP contribution in [0, 0.1) is 11.8 Å². The van der Waals surface area contributed by atoms with E-state index in [-0.39, 0.29) is 36.4 Å². The van der Waals surface area contributed by atoms with Crippen LogP contribution in [0.15, 0.2) is 42.7 Å². The Balaban J connectivity index is 1.19. The second-order valence-corrected chi connectivity index (χ2v) is 11.5. The maximum absolute atomic E-state index is 14.2. The monoisotopic (exact) mass is 553 g/mol. The van der Waals surface area contributed by atoms with Gasteiger partial charge in [0.05, 0.1) is 36.8 Å². The number of carbonyl (C=O) groups excluding carboxylic acids is 1. The second kappa shape index (κ2) is 9.12. The van der Waals surface area contributed by atoms with Gasteiger partial charge in [-0.05, 0) is 53.8 Å². The van der Waals surface area contributed by atoms with Crippen molar-refractivity contribution in [3.05, 3.63) is 76.4 Å². The van der Waals surface area contributed by atoms with Crippen molar-refractivity contribution in [2.45, 2.75) is 49.7 Å². The standard InChI is InChI=1S/C29H30F3N5O3/c1-36-15-34-35-27(36)28(9-19(10-28)39-2)17-4-3-5-18(8-17)37-12-21-20(26(37)38)6-16(7-24(21)29(30,31)32)11-33-25-22-13-40-14-23(22)25/h3-8,15,19,22-23,25,33H,9-14H2,1-2H3/t19?,22-,23+,25?,28?. The maximum atomic E-state index is 14.2. The van der Waals surface area contributed by atoms with Gasteiger partial charge in [-0.25, -0.2) is 0 Å². The average molecular weight is 554 g/mol. The summed E-state index contributed by atoms with van der Waals surface area (Å²) in [5, 5.41) is 11.8. The van der Waals surface area contributed by atoms with Crippen molar-refractivity contribution in [2.24, 2.45) is 18.9 Å². The normalized spacial score (nSPS) is 28.9. The molecule has 0 spiro atoms. The lowest BCUT2D eigenvalue weighted by Gasteiger charge is -2.46. The number of nitrogens with zero attached hydrogens (tertiary/aromatic N) is 4. The molecule has 1 amide bonds. The van der Waals surface area contributed by atoms with E-state index in [0.717, 1.165) is 11.4 Å². The molecule has 1 saturated heterocycles. The Bertz CT molecular complexity index is 1470. The number of alkyl halides is 3. The molecule has 2 aliphatic carbocycles. The molecule has 7 rings (SSSR count). The van der Waals surface area contributed by atoms with Gasteiger partial charge in [0.1, 0.15) is 12.2 Å². The van der Waals surface area contributed by atoms with Gasteiger partial charge in [-0.2, -0.15) is 13.2 Å². The molecule has 0 radical (unpaired) electrons. The number of anilines is 1. The van der Waals surface area contributed by atoms with Gasteiger partial charge in [0.15, 0.2) is 0 Å². The summed E-state index contributed by atoms with van der Waals surface area (Å²) in [5.74, 6) is 1.23. The number of ether oxygens (including phenoxy) is 2. The molecule has 2 aliphatic heterocycles. The summed E-state index contributed by atoms with van der Waals surface area (Å²) in [5.41, 5.74) is 0.877. The number of fused-ring (bicyclic) bond motifs is 2. The minimum atomic E-state index is -4.57. The molecule has 3 heterocycles. The van der Waals surface area contributed by atoms with Gasteiger partial charge in [0.2, 0.25) is 0 Å². The van der Waals surface area contributed by atoms with Gasteiger partial charge in [-0.3, -0.25) is 4.79 Å². The summed E-state index contributed by atoms with van der Waals surface area (Å²) >= 11 is 0. The molecule has 2 aromatic carbocycles. The van der Waals surface area contributed by atoms with Crippen molar-refractivity contribution in [1.29, 1.82) is 0 Å². The highest BCUT2D eigenvalue weighted by atomic mass is 19.4. The van der Waals surface area contributed by atoms with E-state index in [1.807, 2.05) is 29.8 Å². The molecule has 8 nitrogen and oxygen atoms in total. The molecule has 0 bridgehead atoms. The number of carbonyl (C=O) groups is 1. The van der Waals surface area contributed by atoms with Crippen LogP contribution >= 0.6 is 0 Å². The molecule has 1 aromatic heterocycles. The number of benzene rings is 2. The quantitative estimate of drug-likeness (QED) is 0.479. The summed E-state index contributed by atoms with van der Waals surface area (Å²) in [6, 6.07) is 10.6. The van der Waals surface area contributed by atoms with Crippen molar-refractivity contribution >= 4 is 11.6 Å². The summed E-state index contributed by atoms with van der Waals surface area (Å²) in [6.07, 6.45) is -1.48. The largest absolute Gasteiger partial charge is 0.416 e. The van der Waals surface area contributed by atoms with E-state index in [4.69, 9.17) is 9.47 Å². The molecule has 1 unspecified atom stereocenters. The first-order valence-corrected chi connectivity index (χ1v) is 13.5. The lowest BCUT2D eigenvalue weighted by molar-refractivity contribution is -0.138. The number of hydrogen-bond acceptors (Lipinski definition) is 6. The molecule has 1 N–H and O–H groups in total. The minimum absolute atomic E-state index is 0.0226. The Labute approximate surface area is 229 Å². The first-order valence-electron chi connectivity index (χ1n) is 13.5. The number of halogens is 3. The van der Waals surface area contributed by atoms with E-state index in [2.05, 4.69) is 15.5 Å². The van der Waals surface area contributed by atoms with E-state index < -0.39 is 23.1 Å². The minimum Gasteiger partial charge on any atom is -0.381 e. The third-order valence-electron chi connectivity index (χ3n) is 9.24. The molecule has 3 aromatic rings. The van der Waals surface area contributed by atoms with Crippen LogP contribution in [0.4, 0.5) is 18.9 Å². The van der Waals surface area contributed by atoms with Crippen LogP contribution in [-0.2, 0) is 41.2 Å². The van der Waals surface area contributed by atoms with Gasteiger partial charge >= 0.3 is 6.18 Å². The van der Waals surface area contributed by atoms with Crippen LogP contribution < -0.4 is 10.2 Å². The van der Waals surface area contributed by atoms with Crippen molar-refractivity contribution in [1.82, 2.24) is 20.1 Å². The summed E-state index contributed by atoms with van der Waals surface area (Å²) < 4.78 is 55.5. The van der Waals surface area contributed by atoms with Crippen molar-refractivity contribution < 1.29 is 27.4 Å². The number of amides is 1. The van der Waals surface area contributed by atoms with Crippen LogP contribution in [-0.4, -0.2) is 53.1 Å². The molecule has 2 saturated carbocycles. The SMILES string of the molecule is COC1CC(c2cccc(N3Cc4c(cc(CNC5[C@H]6COC[C@@H]56)cc4C(F)(F)F)C3=O)c2)(c2nncn2C)C1. The molecular weight excluding hydrogens is 523 g/mol. The molecule has 3 fully saturated rings. The fraction of sp³-hybridized carbons (Fsp3) is 0.483. The van der Waals surface area contributed by atoms with E-state index >= 15 is 0 Å². The predicted octanol–water partition coefficient (Wildman–Crippen LogP) is 3.82. The van der Waals surface area contributed by atoms with Gasteiger partial charge in [0.25, 0.3) is 5.91 Å². The molecule has 11 heteroatoms. The van der Waals surface area contributed by atoms with Crippen LogP contribution in [0.5, 0.6) is 0 Å². The third kappa shape index (κ3) is 3.97. The number of nitrogens with one attached hydrogen (secondary N) is 1. The van der Waals surface area contributed by atoms with Gasteiger partial charge < -0.3 is 24.3 Å². The lowest BCUT2D eigenvalue weighted by atomic mass is 9.62. The van der Waals surface area contributed by atoms with Crippen molar-refractivity contribution in [2.75, 3.05) is 25.2 Å². The van der Waals surface area contributed by atoms with E-state index in [0.29, 0.717) is 49.1 Å². The van der Waals surface area contributed by atoms with Crippen molar-refractivity contribution in [3.8, 4) is 0 Å². The lowest BCUT2D eigenvalue weighted by Crippen LogP contribution is -2.48. The van der Waals surface area contributed by atoms with Gasteiger partial charge in [-0.15, -0.1) is 10.2 Å². The molecule has 3 atom stereocenters. The highest BCUT2D eigenvalue weighted by Crippen LogP contribution is 2.50. The Morgan fingerprint density at radius 1 is 1.18 bits per heavy atom. The van der Waals surface area contributed by atoms with Crippen LogP contribution in [0.25, 0.3) is 0 Å². The number of rotatable bonds is 7. The van der Waals surface area contributed by atoms with E-state index in [9.17, 15) is 18.0 Å². The first kappa shape index (κ1) is 25.7. The fourth-order valence-electron chi connectivity index (χ4n) is 6.93. The molecule has 210 valence electrons. The van der Waals surface area contributed by atoms with Crippen LogP contribution in [0.1, 0.15) is 51.3 Å². The second-order valence-electron chi connectivity index (χ2n) is 11.5. The van der Waals surface area contributed by atoms with E-state index in [1.165, 1.54) is 11.0 Å². The predicted molar refractivity (Wildman–Crippen MR) is 139 cm³/mol. The average Bonchev–Trinajstić information content (AvgIpc) is 3.29. The Morgan fingerprint density at radius 2 is 1.95 bits per heavy atom. The van der Waals surface area contributed by atoms with Crippen LogP contribution in [0.2, 0.25) is 0 Å². The number of methoxy groups -OCH3 is 1. The maximum Gasteiger partial charge on any atom is 0.416 e. The molecule has 4 aliphatic rings. The van der Waals surface area contributed by atoms with E-state index in [1.54, 1.807) is 25.6 Å². The molecular formula is C29H30F3N5O3. The van der Waals surface area contributed by atoms with Crippen LogP contribution in [0.3, 0.4) is 0 Å². The summed E-state index contributed by atoms with van der Waals surface area (Å²) in [7, 11) is 3.56. The molecule has 40 heavy (non-hydrogen) atoms. The zero-order valence-electron chi connectivity index (χ0n) is 22.2. The van der Waals surface area contributed by atoms with Gasteiger partial charge in [0, 0.05) is 49.8 Å². The highest BCUT2D eigenvalue weighted by Gasteiger charge is 2.54. The fourth-order valence-corrected chi connectivity index (χ4v) is 6.93. The third-order valence-corrected chi connectivity index (χ3v) is 9.24. The summed E-state index contributed by atoms with van der Waals surface area (Å²) in [6.45, 7) is 1.52. The zero-order valence-corrected chi connectivity index (χ0v) is 22.2. The number of aryl methyl sites for hydroxylation is 1.